The molecule has 36 heavy (non-hydrogen) atoms. The van der Waals surface area contributed by atoms with E-state index in [1.54, 1.807) is 9.80 Å². The van der Waals surface area contributed by atoms with Gasteiger partial charge in [0.05, 0.1) is 33.5 Å². The van der Waals surface area contributed by atoms with Crippen LogP contribution in [-0.4, -0.2) is 53.9 Å². The molecule has 1 fully saturated rings. The number of nitriles is 1. The molecule has 0 spiro atoms. The Morgan fingerprint density at radius 3 is 2.81 bits per heavy atom. The molecule has 1 atom stereocenters. The molecular formula is C25H19ClF2N4O3S. The number of thiophene rings is 1. The lowest BCUT2D eigenvalue weighted by molar-refractivity contribution is -0.128. The number of halogens is 3. The molecule has 11 heteroatoms. The molecule has 0 aliphatic carbocycles. The van der Waals surface area contributed by atoms with Crippen LogP contribution in [0.1, 0.15) is 22.3 Å². The Morgan fingerprint density at radius 1 is 1.31 bits per heavy atom. The molecule has 0 bridgehead atoms. The molecule has 2 N–H and O–H groups in total. The maximum atomic E-state index is 15.7. The zero-order chi connectivity index (χ0) is 25.7. The van der Waals surface area contributed by atoms with Gasteiger partial charge < -0.3 is 20.3 Å². The average Bonchev–Trinajstić information content (AvgIpc) is 3.21. The van der Waals surface area contributed by atoms with Crippen LogP contribution in [0.15, 0.2) is 30.9 Å². The first-order chi connectivity index (χ1) is 17.3. The van der Waals surface area contributed by atoms with E-state index >= 15 is 4.39 Å². The number of anilines is 1. The van der Waals surface area contributed by atoms with Crippen molar-refractivity contribution in [3.05, 3.63) is 58.6 Å². The van der Waals surface area contributed by atoms with Crippen LogP contribution in [0.5, 0.6) is 5.75 Å². The van der Waals surface area contributed by atoms with E-state index in [-0.39, 0.29) is 73.2 Å². The Bertz CT molecular complexity index is 1500. The number of hydrogen-bond donors (Lipinski definition) is 1. The predicted octanol–water partition coefficient (Wildman–Crippen LogP) is 4.58. The number of benzene rings is 2. The molecule has 1 aromatic heterocycles. The van der Waals surface area contributed by atoms with Gasteiger partial charge in [0.25, 0.3) is 5.91 Å². The van der Waals surface area contributed by atoms with Crippen molar-refractivity contribution in [3.8, 4) is 22.9 Å². The summed E-state index contributed by atoms with van der Waals surface area (Å²) in [5.74, 6) is -2.09. The van der Waals surface area contributed by atoms with Gasteiger partial charge in [0.1, 0.15) is 22.7 Å². The molecule has 1 unspecified atom stereocenters. The normalized spacial score (nSPS) is 17.5. The molecule has 7 nitrogen and oxygen atoms in total. The molecular weight excluding hydrogens is 510 g/mol. The fourth-order valence-corrected chi connectivity index (χ4v) is 6.11. The summed E-state index contributed by atoms with van der Waals surface area (Å²) in [6, 6.07) is 5.19. The van der Waals surface area contributed by atoms with Crippen LogP contribution in [0, 0.1) is 23.0 Å². The van der Waals surface area contributed by atoms with Gasteiger partial charge in [-0.25, -0.2) is 8.78 Å². The van der Waals surface area contributed by atoms with E-state index in [1.807, 2.05) is 6.07 Å². The lowest BCUT2D eigenvalue weighted by atomic mass is 9.95. The van der Waals surface area contributed by atoms with E-state index in [0.717, 1.165) is 23.5 Å². The number of nitrogen functional groups attached to an aromatic ring is 1. The molecule has 0 radical (unpaired) electrons. The van der Waals surface area contributed by atoms with Gasteiger partial charge in [-0.15, -0.1) is 11.3 Å². The maximum absolute atomic E-state index is 15.7. The van der Waals surface area contributed by atoms with Crippen molar-refractivity contribution in [1.82, 2.24) is 9.80 Å². The van der Waals surface area contributed by atoms with Crippen LogP contribution in [0.3, 0.4) is 0 Å². The van der Waals surface area contributed by atoms with E-state index < -0.39 is 17.5 Å². The molecule has 2 aliphatic heterocycles. The lowest BCUT2D eigenvalue weighted by Crippen LogP contribution is -2.57. The average molecular weight is 529 g/mol. The summed E-state index contributed by atoms with van der Waals surface area (Å²) in [6.07, 6.45) is 1.66. The van der Waals surface area contributed by atoms with Crippen molar-refractivity contribution in [1.29, 1.82) is 5.26 Å². The van der Waals surface area contributed by atoms with E-state index in [9.17, 15) is 19.2 Å². The highest BCUT2D eigenvalue weighted by molar-refractivity contribution is 7.23. The molecule has 2 amide bonds. The summed E-state index contributed by atoms with van der Waals surface area (Å²) in [4.78, 5) is 28.7. The third kappa shape index (κ3) is 3.67. The van der Waals surface area contributed by atoms with Crippen LogP contribution < -0.4 is 10.5 Å². The summed E-state index contributed by atoms with van der Waals surface area (Å²) in [5, 5.41) is 9.71. The number of carbonyl (C=O) groups excluding carboxylic acids is 2. The smallest absolute Gasteiger partial charge is 0.258 e. The van der Waals surface area contributed by atoms with E-state index in [0.29, 0.717) is 19.5 Å². The minimum absolute atomic E-state index is 0.0142. The molecule has 2 aliphatic rings. The highest BCUT2D eigenvalue weighted by atomic mass is 35.5. The minimum atomic E-state index is -0.824. The van der Waals surface area contributed by atoms with E-state index in [1.165, 1.54) is 12.1 Å². The van der Waals surface area contributed by atoms with Crippen molar-refractivity contribution in [2.75, 3.05) is 32.0 Å². The van der Waals surface area contributed by atoms with Crippen LogP contribution in [-0.2, 0) is 4.79 Å². The van der Waals surface area contributed by atoms with Gasteiger partial charge in [-0.3, -0.25) is 9.59 Å². The van der Waals surface area contributed by atoms with Gasteiger partial charge in [0.15, 0.2) is 5.75 Å². The van der Waals surface area contributed by atoms with Gasteiger partial charge in [-0.05, 0) is 23.8 Å². The van der Waals surface area contributed by atoms with Crippen molar-refractivity contribution in [3.63, 3.8) is 0 Å². The van der Waals surface area contributed by atoms with Gasteiger partial charge in [0, 0.05) is 37.0 Å². The molecule has 184 valence electrons. The highest BCUT2D eigenvalue weighted by Gasteiger charge is 2.37. The van der Waals surface area contributed by atoms with Gasteiger partial charge in [-0.2, -0.15) is 5.26 Å². The number of rotatable bonds is 2. The molecule has 1 saturated heterocycles. The Morgan fingerprint density at radius 2 is 2.08 bits per heavy atom. The molecule has 0 saturated carbocycles. The van der Waals surface area contributed by atoms with Crippen LogP contribution >= 0.6 is 22.9 Å². The number of nitrogens with two attached hydrogens (primary N) is 1. The van der Waals surface area contributed by atoms with Crippen LogP contribution in [0.4, 0.5) is 13.8 Å². The number of piperazine rings is 1. The Hall–Kier alpha value is -3.68. The summed E-state index contributed by atoms with van der Waals surface area (Å²) < 4.78 is 36.2. The third-order valence-electron chi connectivity index (χ3n) is 6.53. The lowest BCUT2D eigenvalue weighted by Gasteiger charge is -2.42. The Labute approximate surface area is 213 Å². The maximum Gasteiger partial charge on any atom is 0.258 e. The SMILES string of the molecule is C=CC(=O)N1CCN2C(=O)c3cc(F)c(-c4ccc(F)c5sc(N)c(C#N)c45)c(Cl)c3OCCC2C1. The summed E-state index contributed by atoms with van der Waals surface area (Å²) in [5.41, 5.74) is 5.97. The van der Waals surface area contributed by atoms with Crippen molar-refractivity contribution >= 4 is 49.8 Å². The zero-order valence-corrected chi connectivity index (χ0v) is 20.4. The first kappa shape index (κ1) is 24.0. The van der Waals surface area contributed by atoms with Crippen molar-refractivity contribution < 1.29 is 23.1 Å². The molecule has 5 rings (SSSR count). The van der Waals surface area contributed by atoms with Crippen molar-refractivity contribution in [2.24, 2.45) is 0 Å². The second-order valence-corrected chi connectivity index (χ2v) is 9.88. The van der Waals surface area contributed by atoms with Crippen LogP contribution in [0.25, 0.3) is 21.2 Å². The van der Waals surface area contributed by atoms with E-state index in [4.69, 9.17) is 22.1 Å². The topological polar surface area (TPSA) is 99.7 Å². The molecule has 3 aromatic rings. The minimum Gasteiger partial charge on any atom is -0.491 e. The second-order valence-electron chi connectivity index (χ2n) is 8.45. The second kappa shape index (κ2) is 9.08. The van der Waals surface area contributed by atoms with Crippen molar-refractivity contribution in [2.45, 2.75) is 12.5 Å². The molecule has 3 heterocycles. The number of nitrogens with zero attached hydrogens (tertiary/aromatic N) is 3. The first-order valence-electron chi connectivity index (χ1n) is 11.0. The number of ether oxygens (including phenoxy) is 1. The molecule has 2 aromatic carbocycles. The van der Waals surface area contributed by atoms with Crippen LogP contribution in [0.2, 0.25) is 5.02 Å². The van der Waals surface area contributed by atoms with E-state index in [2.05, 4.69) is 6.58 Å². The summed E-state index contributed by atoms with van der Waals surface area (Å²) in [7, 11) is 0. The monoisotopic (exact) mass is 528 g/mol. The number of carbonyl (C=O) groups is 2. The summed E-state index contributed by atoms with van der Waals surface area (Å²) >= 11 is 7.55. The Balaban J connectivity index is 1.63. The highest BCUT2D eigenvalue weighted by Crippen LogP contribution is 2.47. The zero-order valence-electron chi connectivity index (χ0n) is 18.8. The number of fused-ring (bicyclic) bond motifs is 3. The number of amides is 2. The largest absolute Gasteiger partial charge is 0.491 e. The van der Waals surface area contributed by atoms with Gasteiger partial charge in [0.2, 0.25) is 5.91 Å². The van der Waals surface area contributed by atoms with Gasteiger partial charge >= 0.3 is 0 Å². The number of hydrogen-bond acceptors (Lipinski definition) is 6. The first-order valence-corrected chi connectivity index (χ1v) is 12.2. The summed E-state index contributed by atoms with van der Waals surface area (Å²) in [6.45, 7) is 4.57. The standard InChI is InChI=1S/C25H19ClF2N4O3S/c1-2-18(33)31-6-7-32-12(11-31)5-8-35-22-14(25(32)34)9-17(28)20(21(22)26)13-3-4-16(27)23-19(13)15(10-29)24(30)36-23/h2-4,9,12H,1,5-8,11,30H2. The fraction of sp³-hybridized carbons (Fsp3) is 0.240. The quantitative estimate of drug-likeness (QED) is 0.491. The van der Waals surface area contributed by atoms with Gasteiger partial charge in [-0.1, -0.05) is 24.2 Å². The third-order valence-corrected chi connectivity index (χ3v) is 7.92. The predicted molar refractivity (Wildman–Crippen MR) is 133 cm³/mol. The fourth-order valence-electron chi connectivity index (χ4n) is 4.81. The Kier molecular flexibility index (Phi) is 6.06.